The second kappa shape index (κ2) is 9.19. The fourth-order valence-electron chi connectivity index (χ4n) is 4.42. The van der Waals surface area contributed by atoms with Crippen molar-refractivity contribution in [3.05, 3.63) is 24.5 Å². The predicted octanol–water partition coefficient (Wildman–Crippen LogP) is 1.03. The van der Waals surface area contributed by atoms with Crippen LogP contribution in [0.4, 0.5) is 4.79 Å². The summed E-state index contributed by atoms with van der Waals surface area (Å²) in [6.07, 6.45) is 5.61. The summed E-state index contributed by atoms with van der Waals surface area (Å²) in [6.45, 7) is 1.70. The summed E-state index contributed by atoms with van der Waals surface area (Å²) in [6, 6.07) is 2.80. The lowest BCUT2D eigenvalue weighted by Gasteiger charge is -2.23. The van der Waals surface area contributed by atoms with Gasteiger partial charge in [-0.05, 0) is 56.2 Å². The van der Waals surface area contributed by atoms with Crippen LogP contribution in [0.25, 0.3) is 0 Å². The Kier molecular flexibility index (Phi) is 6.86. The molecule has 0 spiro atoms. The molecule has 29 heavy (non-hydrogen) atoms. The number of nitrogens with zero attached hydrogens (tertiary/aromatic N) is 3. The van der Waals surface area contributed by atoms with Crippen LogP contribution in [0.3, 0.4) is 0 Å². The van der Waals surface area contributed by atoms with Gasteiger partial charge in [-0.1, -0.05) is 0 Å². The summed E-state index contributed by atoms with van der Waals surface area (Å²) in [4.78, 5) is 27.3. The summed E-state index contributed by atoms with van der Waals surface area (Å²) in [5.74, 6) is 0.616. The summed E-state index contributed by atoms with van der Waals surface area (Å²) in [7, 11) is -2.12. The minimum atomic E-state index is -3.52. The molecule has 0 aromatic carbocycles. The van der Waals surface area contributed by atoms with Crippen molar-refractivity contribution in [1.29, 1.82) is 0 Å². The second-order valence-corrected chi connectivity index (χ2v) is 9.75. The standard InChI is InChI=1S/C19H28N4O5S/c1-22(19(25)26)15(13-24)4-2-9-21-18-7-6-14-11-23(12-17(14)18)29(27,28)16-5-3-8-20-10-16/h3,5,8,10,13-15,17-18,21H,2,4,6-7,9,11-12H2,1H3,(H,25,26)/t14-,15+,17+,18+/m1/s1. The molecule has 4 atom stereocenters. The molecule has 1 aliphatic heterocycles. The number of likely N-dealkylation sites (N-methyl/N-ethyl adjacent to an activating group) is 1. The van der Waals surface area contributed by atoms with Crippen LogP contribution in [0, 0.1) is 11.8 Å². The van der Waals surface area contributed by atoms with E-state index >= 15 is 0 Å². The number of nitrogens with one attached hydrogen (secondary N) is 1. The lowest BCUT2D eigenvalue weighted by molar-refractivity contribution is -0.111. The molecular formula is C19H28N4O5S. The van der Waals surface area contributed by atoms with Crippen LogP contribution >= 0.6 is 0 Å². The topological polar surface area (TPSA) is 120 Å². The molecule has 1 aromatic rings. The molecule has 1 saturated carbocycles. The maximum atomic E-state index is 12.8. The molecule has 2 aliphatic rings. The molecule has 1 amide bonds. The van der Waals surface area contributed by atoms with Crippen LogP contribution in [-0.2, 0) is 14.8 Å². The first-order valence-corrected chi connectivity index (χ1v) is 11.3. The van der Waals surface area contributed by atoms with Crippen molar-refractivity contribution in [3.63, 3.8) is 0 Å². The first-order chi connectivity index (χ1) is 13.8. The number of amides is 1. The van der Waals surface area contributed by atoms with Gasteiger partial charge in [0.05, 0.1) is 6.04 Å². The van der Waals surface area contributed by atoms with E-state index in [0.717, 1.165) is 17.7 Å². The smallest absolute Gasteiger partial charge is 0.407 e. The molecule has 2 heterocycles. The maximum absolute atomic E-state index is 12.8. The fourth-order valence-corrected chi connectivity index (χ4v) is 5.92. The molecule has 2 N–H and O–H groups in total. The van der Waals surface area contributed by atoms with Crippen molar-refractivity contribution in [2.45, 2.75) is 42.7 Å². The molecule has 9 nitrogen and oxygen atoms in total. The first kappa shape index (κ1) is 21.7. The molecule has 160 valence electrons. The van der Waals surface area contributed by atoms with Crippen molar-refractivity contribution in [3.8, 4) is 0 Å². The van der Waals surface area contributed by atoms with Crippen LogP contribution < -0.4 is 5.32 Å². The van der Waals surface area contributed by atoms with Crippen LogP contribution in [-0.4, -0.2) is 78.9 Å². The maximum Gasteiger partial charge on any atom is 0.407 e. The SMILES string of the molecule is CN(C(=O)O)[C@H](C=O)CCCN[C@H]1CC[C@@H]2CN(S(=O)(=O)c3cccnc3)C[C@@H]21. The van der Waals surface area contributed by atoms with Crippen molar-refractivity contribution < 1.29 is 23.1 Å². The highest BCUT2D eigenvalue weighted by Crippen LogP contribution is 2.40. The molecule has 0 bridgehead atoms. The Morgan fingerprint density at radius 1 is 1.45 bits per heavy atom. The van der Waals surface area contributed by atoms with E-state index in [1.807, 2.05) is 0 Å². The first-order valence-electron chi connectivity index (χ1n) is 9.89. The van der Waals surface area contributed by atoms with Gasteiger partial charge < -0.3 is 20.1 Å². The second-order valence-electron chi connectivity index (χ2n) is 7.81. The van der Waals surface area contributed by atoms with Crippen LogP contribution in [0.2, 0.25) is 0 Å². The fraction of sp³-hybridized carbons (Fsp3) is 0.632. The molecule has 1 aromatic heterocycles. The Morgan fingerprint density at radius 3 is 2.90 bits per heavy atom. The van der Waals surface area contributed by atoms with Gasteiger partial charge in [0.15, 0.2) is 0 Å². The van der Waals surface area contributed by atoms with Crippen LogP contribution in [0.1, 0.15) is 25.7 Å². The average molecular weight is 425 g/mol. The zero-order valence-electron chi connectivity index (χ0n) is 16.5. The highest BCUT2D eigenvalue weighted by atomic mass is 32.2. The van der Waals surface area contributed by atoms with E-state index in [4.69, 9.17) is 5.11 Å². The zero-order chi connectivity index (χ0) is 21.0. The summed E-state index contributed by atoms with van der Waals surface area (Å²) in [5.41, 5.74) is 0. The Hall–Kier alpha value is -2.04. The lowest BCUT2D eigenvalue weighted by Crippen LogP contribution is -2.39. The van der Waals surface area contributed by atoms with E-state index < -0.39 is 22.2 Å². The monoisotopic (exact) mass is 424 g/mol. The van der Waals surface area contributed by atoms with E-state index in [1.165, 1.54) is 13.2 Å². The quantitative estimate of drug-likeness (QED) is 0.449. The van der Waals surface area contributed by atoms with E-state index in [-0.39, 0.29) is 16.9 Å². The number of rotatable bonds is 9. The Balaban J connectivity index is 1.50. The van der Waals surface area contributed by atoms with Crippen molar-refractivity contribution >= 4 is 22.4 Å². The van der Waals surface area contributed by atoms with Gasteiger partial charge in [-0.2, -0.15) is 4.31 Å². The highest BCUT2D eigenvalue weighted by Gasteiger charge is 2.46. The van der Waals surface area contributed by atoms with Gasteiger partial charge in [-0.3, -0.25) is 4.98 Å². The molecule has 10 heteroatoms. The Labute approximate surface area is 171 Å². The predicted molar refractivity (Wildman–Crippen MR) is 106 cm³/mol. The van der Waals surface area contributed by atoms with Gasteiger partial charge in [0.1, 0.15) is 11.2 Å². The van der Waals surface area contributed by atoms with E-state index in [1.54, 1.807) is 22.6 Å². The average Bonchev–Trinajstić information content (AvgIpc) is 3.30. The number of fused-ring (bicyclic) bond motifs is 1. The number of sulfonamides is 1. The number of hydrogen-bond donors (Lipinski definition) is 2. The summed E-state index contributed by atoms with van der Waals surface area (Å²) in [5, 5.41) is 12.5. The third-order valence-corrected chi connectivity index (χ3v) is 7.95. The minimum Gasteiger partial charge on any atom is -0.465 e. The number of aromatic nitrogens is 1. The molecule has 3 rings (SSSR count). The number of carbonyl (C=O) groups is 2. The lowest BCUT2D eigenvalue weighted by atomic mass is 9.97. The normalized spacial score (nSPS) is 25.5. The van der Waals surface area contributed by atoms with Crippen molar-refractivity contribution in [2.75, 3.05) is 26.7 Å². The van der Waals surface area contributed by atoms with Gasteiger partial charge in [-0.15, -0.1) is 0 Å². The number of hydrogen-bond acceptors (Lipinski definition) is 6. The highest BCUT2D eigenvalue weighted by molar-refractivity contribution is 7.89. The number of carboxylic acid groups (broad SMARTS) is 1. The number of aldehydes is 1. The Bertz CT molecular complexity index is 819. The van der Waals surface area contributed by atoms with E-state index in [2.05, 4.69) is 10.3 Å². The van der Waals surface area contributed by atoms with E-state index in [9.17, 15) is 18.0 Å². The minimum absolute atomic E-state index is 0.229. The largest absolute Gasteiger partial charge is 0.465 e. The Morgan fingerprint density at radius 2 is 2.24 bits per heavy atom. The van der Waals surface area contributed by atoms with E-state index in [0.29, 0.717) is 44.7 Å². The van der Waals surface area contributed by atoms with Crippen LogP contribution in [0.15, 0.2) is 29.4 Å². The molecule has 1 aliphatic carbocycles. The molecule has 0 unspecified atom stereocenters. The van der Waals surface area contributed by atoms with Gasteiger partial charge in [0, 0.05) is 38.6 Å². The van der Waals surface area contributed by atoms with Crippen molar-refractivity contribution in [2.24, 2.45) is 11.8 Å². The van der Waals surface area contributed by atoms with Crippen molar-refractivity contribution in [1.82, 2.24) is 19.5 Å². The molecule has 2 fully saturated rings. The van der Waals surface area contributed by atoms with Gasteiger partial charge in [0.2, 0.25) is 10.0 Å². The zero-order valence-corrected chi connectivity index (χ0v) is 17.3. The molecule has 0 radical (unpaired) electrons. The molecular weight excluding hydrogens is 396 g/mol. The number of carbonyl (C=O) groups excluding carboxylic acids is 1. The third-order valence-electron chi connectivity index (χ3n) is 6.14. The third kappa shape index (κ3) is 4.76. The van der Waals surface area contributed by atoms with Crippen LogP contribution in [0.5, 0.6) is 0 Å². The number of pyridine rings is 1. The van der Waals surface area contributed by atoms with Gasteiger partial charge in [-0.25, -0.2) is 13.2 Å². The van der Waals surface area contributed by atoms with Gasteiger partial charge >= 0.3 is 6.09 Å². The molecule has 1 saturated heterocycles. The summed E-state index contributed by atoms with van der Waals surface area (Å²) >= 11 is 0. The summed E-state index contributed by atoms with van der Waals surface area (Å²) < 4.78 is 27.2. The van der Waals surface area contributed by atoms with Gasteiger partial charge in [0.25, 0.3) is 0 Å².